The number of carbonyl (C=O) groups is 1. The highest BCUT2D eigenvalue weighted by molar-refractivity contribution is 5.67. The number of rotatable bonds is 6. The van der Waals surface area contributed by atoms with Gasteiger partial charge in [-0.1, -0.05) is 6.07 Å². The SMILES string of the molecule is COc1ccc(CCC(=O)O)cc1OC1CCCN(C)C1. The number of likely N-dealkylation sites (N-methyl/N-ethyl adjacent to an activating group) is 1. The normalized spacial score (nSPS) is 19.2. The van der Waals surface area contributed by atoms with E-state index in [1.807, 2.05) is 18.2 Å². The lowest BCUT2D eigenvalue weighted by molar-refractivity contribution is -0.136. The molecule has 1 aromatic carbocycles. The zero-order chi connectivity index (χ0) is 15.2. The van der Waals surface area contributed by atoms with Crippen molar-refractivity contribution in [1.29, 1.82) is 0 Å². The first kappa shape index (κ1) is 15.6. The summed E-state index contributed by atoms with van der Waals surface area (Å²) >= 11 is 0. The number of likely N-dealkylation sites (tertiary alicyclic amines) is 1. The fraction of sp³-hybridized carbons (Fsp3) is 0.562. The molecule has 0 aromatic heterocycles. The van der Waals surface area contributed by atoms with Gasteiger partial charge >= 0.3 is 5.97 Å². The number of aryl methyl sites for hydroxylation is 1. The molecule has 1 fully saturated rings. The Morgan fingerprint density at radius 1 is 1.43 bits per heavy atom. The molecule has 1 heterocycles. The molecule has 1 N–H and O–H groups in total. The Bertz CT molecular complexity index is 489. The molecule has 0 radical (unpaired) electrons. The lowest BCUT2D eigenvalue weighted by Gasteiger charge is -2.30. The van der Waals surface area contributed by atoms with Crippen LogP contribution >= 0.6 is 0 Å². The molecule has 116 valence electrons. The van der Waals surface area contributed by atoms with Crippen molar-refractivity contribution in [2.45, 2.75) is 31.8 Å². The predicted molar refractivity (Wildman–Crippen MR) is 80.1 cm³/mol. The maximum Gasteiger partial charge on any atom is 0.303 e. The van der Waals surface area contributed by atoms with Crippen molar-refractivity contribution in [3.8, 4) is 11.5 Å². The van der Waals surface area contributed by atoms with Gasteiger partial charge in [0.25, 0.3) is 0 Å². The average Bonchev–Trinajstić information content (AvgIpc) is 2.45. The van der Waals surface area contributed by atoms with Gasteiger partial charge in [0, 0.05) is 13.0 Å². The molecule has 1 aromatic rings. The van der Waals surface area contributed by atoms with Crippen LogP contribution in [0.25, 0.3) is 0 Å². The lowest BCUT2D eigenvalue weighted by Crippen LogP contribution is -2.38. The molecule has 0 spiro atoms. The average molecular weight is 293 g/mol. The van der Waals surface area contributed by atoms with Crippen LogP contribution in [-0.2, 0) is 11.2 Å². The summed E-state index contributed by atoms with van der Waals surface area (Å²) in [5, 5.41) is 8.77. The van der Waals surface area contributed by atoms with Gasteiger partial charge in [0.1, 0.15) is 6.10 Å². The molecule has 0 bridgehead atoms. The van der Waals surface area contributed by atoms with Crippen LogP contribution in [0.2, 0.25) is 0 Å². The number of methoxy groups -OCH3 is 1. The van der Waals surface area contributed by atoms with Crippen LogP contribution in [0, 0.1) is 0 Å². The molecule has 1 aliphatic heterocycles. The maximum atomic E-state index is 10.7. The second kappa shape index (κ2) is 7.31. The summed E-state index contributed by atoms with van der Waals surface area (Å²) in [6, 6.07) is 5.64. The maximum absolute atomic E-state index is 10.7. The molecular weight excluding hydrogens is 270 g/mol. The van der Waals surface area contributed by atoms with Crippen molar-refractivity contribution in [2.24, 2.45) is 0 Å². The highest BCUT2D eigenvalue weighted by Crippen LogP contribution is 2.30. The van der Waals surface area contributed by atoms with Crippen LogP contribution in [0.1, 0.15) is 24.8 Å². The highest BCUT2D eigenvalue weighted by Gasteiger charge is 2.20. The summed E-state index contributed by atoms with van der Waals surface area (Å²) in [6.45, 7) is 2.01. The second-order valence-electron chi connectivity index (χ2n) is 5.52. The number of hydrogen-bond acceptors (Lipinski definition) is 4. The topological polar surface area (TPSA) is 59.0 Å². The number of ether oxygens (including phenoxy) is 2. The molecular formula is C16H23NO4. The summed E-state index contributed by atoms with van der Waals surface area (Å²) in [5.74, 6) is 0.616. The molecule has 0 amide bonds. The van der Waals surface area contributed by atoms with Gasteiger partial charge in [0.05, 0.1) is 7.11 Å². The van der Waals surface area contributed by atoms with Crippen LogP contribution < -0.4 is 9.47 Å². The van der Waals surface area contributed by atoms with E-state index < -0.39 is 5.97 Å². The standard InChI is InChI=1S/C16H23NO4/c1-17-9-3-4-13(11-17)21-15-10-12(6-8-16(18)19)5-7-14(15)20-2/h5,7,10,13H,3-4,6,8-9,11H2,1-2H3,(H,18,19). The van der Waals surface area contributed by atoms with E-state index in [0.29, 0.717) is 17.9 Å². The Morgan fingerprint density at radius 3 is 2.90 bits per heavy atom. The molecule has 1 saturated heterocycles. The van der Waals surface area contributed by atoms with E-state index >= 15 is 0 Å². The van der Waals surface area contributed by atoms with Crippen LogP contribution in [0.4, 0.5) is 0 Å². The Morgan fingerprint density at radius 2 is 2.24 bits per heavy atom. The summed E-state index contributed by atoms with van der Waals surface area (Å²) in [5.41, 5.74) is 0.956. The predicted octanol–water partition coefficient (Wildman–Crippen LogP) is 2.19. The minimum atomic E-state index is -0.790. The lowest BCUT2D eigenvalue weighted by atomic mass is 10.1. The number of nitrogens with zero attached hydrogens (tertiary/aromatic N) is 1. The quantitative estimate of drug-likeness (QED) is 0.871. The van der Waals surface area contributed by atoms with Gasteiger partial charge < -0.3 is 19.5 Å². The first-order valence-corrected chi connectivity index (χ1v) is 7.32. The molecule has 1 unspecified atom stereocenters. The van der Waals surface area contributed by atoms with Crippen molar-refractivity contribution in [3.63, 3.8) is 0 Å². The minimum absolute atomic E-state index is 0.123. The van der Waals surface area contributed by atoms with Crippen LogP contribution in [0.15, 0.2) is 18.2 Å². The van der Waals surface area contributed by atoms with Gasteiger partial charge in [0.2, 0.25) is 0 Å². The van der Waals surface area contributed by atoms with Gasteiger partial charge in [-0.25, -0.2) is 0 Å². The van der Waals surface area contributed by atoms with Gasteiger partial charge in [-0.2, -0.15) is 0 Å². The van der Waals surface area contributed by atoms with Crippen molar-refractivity contribution >= 4 is 5.97 Å². The second-order valence-corrected chi connectivity index (χ2v) is 5.52. The number of hydrogen-bond donors (Lipinski definition) is 1. The molecule has 1 aliphatic rings. The van der Waals surface area contributed by atoms with E-state index in [-0.39, 0.29) is 12.5 Å². The number of carboxylic acids is 1. The van der Waals surface area contributed by atoms with E-state index in [2.05, 4.69) is 11.9 Å². The number of carboxylic acid groups (broad SMARTS) is 1. The summed E-state index contributed by atoms with van der Waals surface area (Å²) < 4.78 is 11.4. The minimum Gasteiger partial charge on any atom is -0.493 e. The molecule has 5 nitrogen and oxygen atoms in total. The van der Waals surface area contributed by atoms with E-state index in [9.17, 15) is 4.79 Å². The van der Waals surface area contributed by atoms with Crippen molar-refractivity contribution in [3.05, 3.63) is 23.8 Å². The van der Waals surface area contributed by atoms with E-state index in [4.69, 9.17) is 14.6 Å². The molecule has 5 heteroatoms. The molecule has 1 atom stereocenters. The van der Waals surface area contributed by atoms with Gasteiger partial charge in [0.15, 0.2) is 11.5 Å². The van der Waals surface area contributed by atoms with Crippen molar-refractivity contribution in [2.75, 3.05) is 27.2 Å². The van der Waals surface area contributed by atoms with Crippen molar-refractivity contribution < 1.29 is 19.4 Å². The van der Waals surface area contributed by atoms with Gasteiger partial charge in [-0.05, 0) is 50.6 Å². The zero-order valence-electron chi connectivity index (χ0n) is 12.7. The summed E-state index contributed by atoms with van der Waals surface area (Å²) in [7, 11) is 3.71. The third kappa shape index (κ3) is 4.63. The molecule has 21 heavy (non-hydrogen) atoms. The zero-order valence-corrected chi connectivity index (χ0v) is 12.7. The molecule has 0 saturated carbocycles. The summed E-state index contributed by atoms with van der Waals surface area (Å²) in [4.78, 5) is 12.9. The Labute approximate surface area is 125 Å². The van der Waals surface area contributed by atoms with Crippen LogP contribution in [-0.4, -0.2) is 49.3 Å². The fourth-order valence-corrected chi connectivity index (χ4v) is 2.61. The number of aliphatic carboxylic acids is 1. The van der Waals surface area contributed by atoms with Crippen molar-refractivity contribution in [1.82, 2.24) is 4.90 Å². The van der Waals surface area contributed by atoms with Crippen LogP contribution in [0.3, 0.4) is 0 Å². The Kier molecular flexibility index (Phi) is 5.44. The first-order chi connectivity index (χ1) is 10.1. The van der Waals surface area contributed by atoms with E-state index in [1.54, 1.807) is 7.11 Å². The number of piperidine rings is 1. The molecule has 2 rings (SSSR count). The van der Waals surface area contributed by atoms with Gasteiger partial charge in [-0.15, -0.1) is 0 Å². The number of benzene rings is 1. The Balaban J connectivity index is 2.07. The first-order valence-electron chi connectivity index (χ1n) is 7.32. The molecule has 0 aliphatic carbocycles. The highest BCUT2D eigenvalue weighted by atomic mass is 16.5. The fourth-order valence-electron chi connectivity index (χ4n) is 2.61. The monoisotopic (exact) mass is 293 g/mol. The van der Waals surface area contributed by atoms with Gasteiger partial charge in [-0.3, -0.25) is 4.79 Å². The smallest absolute Gasteiger partial charge is 0.303 e. The third-order valence-electron chi connectivity index (χ3n) is 3.73. The summed E-state index contributed by atoms with van der Waals surface area (Å²) in [6.07, 6.45) is 2.94. The largest absolute Gasteiger partial charge is 0.493 e. The third-order valence-corrected chi connectivity index (χ3v) is 3.73. The van der Waals surface area contributed by atoms with Crippen LogP contribution in [0.5, 0.6) is 11.5 Å². The Hall–Kier alpha value is -1.75. The van der Waals surface area contributed by atoms with E-state index in [1.165, 1.54) is 0 Å². The van der Waals surface area contributed by atoms with E-state index in [0.717, 1.165) is 31.5 Å².